The van der Waals surface area contributed by atoms with Crippen LogP contribution in [0.3, 0.4) is 0 Å². The molecule has 0 aliphatic heterocycles. The molecule has 0 radical (unpaired) electrons. The molecule has 1 aromatic rings. The van der Waals surface area contributed by atoms with Crippen LogP contribution in [0, 0.1) is 5.92 Å². The molecule has 2 amide bonds. The zero-order valence-corrected chi connectivity index (χ0v) is 14.3. The summed E-state index contributed by atoms with van der Waals surface area (Å²) in [5, 5.41) is 15.7. The molecular weight excluding hydrogens is 327 g/mol. The van der Waals surface area contributed by atoms with Gasteiger partial charge in [-0.15, -0.1) is 0 Å². The molecule has 0 bridgehead atoms. The van der Waals surface area contributed by atoms with Gasteiger partial charge in [-0.1, -0.05) is 37.0 Å². The third kappa shape index (κ3) is 5.48. The average molecular weight is 347 g/mol. The van der Waals surface area contributed by atoms with Crippen LogP contribution in [0.25, 0.3) is 0 Å². The molecule has 0 aliphatic carbocycles. The van der Waals surface area contributed by atoms with Crippen LogP contribution in [-0.2, 0) is 4.79 Å². The molecule has 1 rings (SSSR count). The van der Waals surface area contributed by atoms with Gasteiger partial charge in [0.05, 0.1) is 22.2 Å². The minimum Gasteiger partial charge on any atom is -0.388 e. The van der Waals surface area contributed by atoms with Gasteiger partial charge in [-0.25, -0.2) is 0 Å². The largest absolute Gasteiger partial charge is 0.388 e. The van der Waals surface area contributed by atoms with Gasteiger partial charge in [-0.3, -0.25) is 9.59 Å². The van der Waals surface area contributed by atoms with Gasteiger partial charge < -0.3 is 15.7 Å². The maximum absolute atomic E-state index is 11.9. The van der Waals surface area contributed by atoms with Crippen LogP contribution in [0.5, 0.6) is 0 Å². The summed E-state index contributed by atoms with van der Waals surface area (Å²) in [6.07, 6.45) is 0. The molecule has 0 saturated carbocycles. The molecule has 1 aromatic carbocycles. The molecule has 1 atom stereocenters. The van der Waals surface area contributed by atoms with Crippen molar-refractivity contribution in [1.82, 2.24) is 10.6 Å². The second kappa shape index (κ2) is 7.81. The van der Waals surface area contributed by atoms with Gasteiger partial charge >= 0.3 is 0 Å². The number of nitrogens with one attached hydrogen (secondary N) is 2. The molecule has 1 unspecified atom stereocenters. The van der Waals surface area contributed by atoms with Crippen molar-refractivity contribution >= 4 is 35.0 Å². The van der Waals surface area contributed by atoms with Gasteiger partial charge in [0.1, 0.15) is 0 Å². The first-order valence-electron chi connectivity index (χ1n) is 6.86. The predicted molar refractivity (Wildman–Crippen MR) is 87.3 cm³/mol. The summed E-state index contributed by atoms with van der Waals surface area (Å²) < 4.78 is 0. The third-order valence-corrected chi connectivity index (χ3v) is 4.22. The first kappa shape index (κ1) is 18.7. The Kier molecular flexibility index (Phi) is 6.66. The van der Waals surface area contributed by atoms with E-state index >= 15 is 0 Å². The van der Waals surface area contributed by atoms with E-state index in [9.17, 15) is 14.7 Å². The Balaban J connectivity index is 2.47. The van der Waals surface area contributed by atoms with E-state index in [2.05, 4.69) is 10.6 Å². The molecule has 122 valence electrons. The van der Waals surface area contributed by atoms with Crippen molar-refractivity contribution in [2.75, 3.05) is 13.1 Å². The summed E-state index contributed by atoms with van der Waals surface area (Å²) in [5.74, 6) is -0.808. The number of aliphatic hydroxyl groups is 1. The Morgan fingerprint density at radius 3 is 2.41 bits per heavy atom. The summed E-state index contributed by atoms with van der Waals surface area (Å²) >= 11 is 11.6. The number of amides is 2. The van der Waals surface area contributed by atoms with E-state index in [4.69, 9.17) is 23.2 Å². The summed E-state index contributed by atoms with van der Waals surface area (Å²) in [7, 11) is 0. The number of carbonyl (C=O) groups is 2. The predicted octanol–water partition coefficient (Wildman–Crippen LogP) is 2.25. The van der Waals surface area contributed by atoms with Gasteiger partial charge in [0.25, 0.3) is 5.91 Å². The molecule has 3 N–H and O–H groups in total. The maximum Gasteiger partial charge on any atom is 0.251 e. The van der Waals surface area contributed by atoms with Crippen molar-refractivity contribution in [2.24, 2.45) is 5.92 Å². The van der Waals surface area contributed by atoms with E-state index in [-0.39, 0.29) is 29.9 Å². The smallest absolute Gasteiger partial charge is 0.251 e. The van der Waals surface area contributed by atoms with E-state index in [0.717, 1.165) is 0 Å². The zero-order chi connectivity index (χ0) is 16.9. The molecule has 0 heterocycles. The van der Waals surface area contributed by atoms with Crippen LogP contribution in [0.2, 0.25) is 10.0 Å². The van der Waals surface area contributed by atoms with Crippen LogP contribution in [0.4, 0.5) is 0 Å². The van der Waals surface area contributed by atoms with Crippen molar-refractivity contribution in [1.29, 1.82) is 0 Å². The lowest BCUT2D eigenvalue weighted by molar-refractivity contribution is -0.121. The standard InChI is InChI=1S/C15H20Cl2N2O3/c1-9(2)15(3,22)8-19-13(20)7-18-14(21)10-4-5-11(16)12(17)6-10/h4-6,9,22H,7-8H2,1-3H3,(H,18,21)(H,19,20). The Labute approximate surface area is 140 Å². The zero-order valence-electron chi connectivity index (χ0n) is 12.7. The van der Waals surface area contributed by atoms with E-state index in [1.807, 2.05) is 13.8 Å². The average Bonchev–Trinajstić information content (AvgIpc) is 2.45. The van der Waals surface area contributed by atoms with Gasteiger partial charge in [0.2, 0.25) is 5.91 Å². The minimum absolute atomic E-state index is 0.00130. The second-order valence-corrected chi connectivity index (χ2v) is 6.41. The van der Waals surface area contributed by atoms with E-state index in [1.54, 1.807) is 6.92 Å². The van der Waals surface area contributed by atoms with Crippen LogP contribution in [0.1, 0.15) is 31.1 Å². The first-order chi connectivity index (χ1) is 10.1. The van der Waals surface area contributed by atoms with Crippen molar-refractivity contribution < 1.29 is 14.7 Å². The van der Waals surface area contributed by atoms with E-state index in [1.165, 1.54) is 18.2 Å². The number of benzene rings is 1. The SMILES string of the molecule is CC(C)C(C)(O)CNC(=O)CNC(=O)c1ccc(Cl)c(Cl)c1. The second-order valence-electron chi connectivity index (χ2n) is 5.60. The van der Waals surface area contributed by atoms with E-state index in [0.29, 0.717) is 10.6 Å². The molecule has 0 spiro atoms. The molecule has 0 fully saturated rings. The fraction of sp³-hybridized carbons (Fsp3) is 0.467. The molecule has 22 heavy (non-hydrogen) atoms. The summed E-state index contributed by atoms with van der Waals surface area (Å²) in [4.78, 5) is 23.6. The normalized spacial score (nSPS) is 13.6. The van der Waals surface area contributed by atoms with Gasteiger partial charge in [0, 0.05) is 12.1 Å². The molecular formula is C15H20Cl2N2O3. The van der Waals surface area contributed by atoms with Crippen LogP contribution < -0.4 is 10.6 Å². The Hall–Kier alpha value is -1.30. The quantitative estimate of drug-likeness (QED) is 0.739. The number of hydrogen-bond acceptors (Lipinski definition) is 3. The van der Waals surface area contributed by atoms with Crippen molar-refractivity contribution in [3.63, 3.8) is 0 Å². The number of hydrogen-bond donors (Lipinski definition) is 3. The van der Waals surface area contributed by atoms with Crippen LogP contribution in [0.15, 0.2) is 18.2 Å². The van der Waals surface area contributed by atoms with Gasteiger partial charge in [0.15, 0.2) is 0 Å². The summed E-state index contributed by atoms with van der Waals surface area (Å²) in [6, 6.07) is 4.46. The molecule has 0 aromatic heterocycles. The van der Waals surface area contributed by atoms with Crippen LogP contribution >= 0.6 is 23.2 Å². The van der Waals surface area contributed by atoms with Crippen molar-refractivity contribution in [2.45, 2.75) is 26.4 Å². The van der Waals surface area contributed by atoms with Gasteiger partial charge in [-0.2, -0.15) is 0 Å². The topological polar surface area (TPSA) is 78.4 Å². The van der Waals surface area contributed by atoms with E-state index < -0.39 is 11.5 Å². The van der Waals surface area contributed by atoms with Gasteiger partial charge in [-0.05, 0) is 31.0 Å². The lowest BCUT2D eigenvalue weighted by atomic mass is 9.92. The maximum atomic E-state index is 11.9. The van der Waals surface area contributed by atoms with Crippen LogP contribution in [-0.4, -0.2) is 35.6 Å². The summed E-state index contributed by atoms with van der Waals surface area (Å²) in [6.45, 7) is 5.29. The fourth-order valence-corrected chi connectivity index (χ4v) is 1.74. The lowest BCUT2D eigenvalue weighted by Gasteiger charge is -2.27. The Bertz CT molecular complexity index is 560. The summed E-state index contributed by atoms with van der Waals surface area (Å²) in [5.41, 5.74) is -0.681. The monoisotopic (exact) mass is 346 g/mol. The van der Waals surface area contributed by atoms with Crippen molar-refractivity contribution in [3.8, 4) is 0 Å². The molecule has 5 nitrogen and oxygen atoms in total. The highest BCUT2D eigenvalue weighted by molar-refractivity contribution is 6.42. The highest BCUT2D eigenvalue weighted by atomic mass is 35.5. The lowest BCUT2D eigenvalue weighted by Crippen LogP contribution is -2.47. The fourth-order valence-electron chi connectivity index (χ4n) is 1.44. The third-order valence-electron chi connectivity index (χ3n) is 3.48. The first-order valence-corrected chi connectivity index (χ1v) is 7.61. The Morgan fingerprint density at radius 2 is 1.86 bits per heavy atom. The number of halogens is 2. The van der Waals surface area contributed by atoms with Crippen molar-refractivity contribution in [3.05, 3.63) is 33.8 Å². The molecule has 0 saturated heterocycles. The highest BCUT2D eigenvalue weighted by Crippen LogP contribution is 2.22. The number of rotatable bonds is 6. The highest BCUT2D eigenvalue weighted by Gasteiger charge is 2.25. The minimum atomic E-state index is -0.997. The Morgan fingerprint density at radius 1 is 1.23 bits per heavy atom. The molecule has 0 aliphatic rings. The molecule has 7 heteroatoms. The number of carbonyl (C=O) groups excluding carboxylic acids is 2.